The molecule has 1 aliphatic carbocycles. The molecule has 0 bridgehead atoms. The molecule has 19 heavy (non-hydrogen) atoms. The van der Waals surface area contributed by atoms with E-state index in [0.717, 1.165) is 12.8 Å². The van der Waals surface area contributed by atoms with Gasteiger partial charge in [-0.25, -0.2) is 4.79 Å². The molecular weight excluding hydrogens is 244 g/mol. The summed E-state index contributed by atoms with van der Waals surface area (Å²) in [6.45, 7) is 7.83. The van der Waals surface area contributed by atoms with Gasteiger partial charge in [-0.1, -0.05) is 12.2 Å². The van der Waals surface area contributed by atoms with E-state index in [2.05, 4.69) is 6.58 Å². The lowest BCUT2D eigenvalue weighted by molar-refractivity contribution is -0.137. The molecule has 5 unspecified atom stereocenters. The van der Waals surface area contributed by atoms with Gasteiger partial charge in [0.2, 0.25) is 0 Å². The van der Waals surface area contributed by atoms with Crippen molar-refractivity contribution in [3.05, 3.63) is 23.8 Å². The van der Waals surface area contributed by atoms with Crippen LogP contribution < -0.4 is 0 Å². The van der Waals surface area contributed by atoms with Gasteiger partial charge >= 0.3 is 5.97 Å². The van der Waals surface area contributed by atoms with Crippen LogP contribution in [-0.4, -0.2) is 35.0 Å². The zero-order chi connectivity index (χ0) is 13.8. The molecule has 3 rings (SSSR count). The van der Waals surface area contributed by atoms with Gasteiger partial charge in [0, 0.05) is 12.0 Å². The lowest BCUT2D eigenvalue weighted by Gasteiger charge is -2.24. The van der Waals surface area contributed by atoms with E-state index in [1.165, 1.54) is 5.57 Å². The summed E-state index contributed by atoms with van der Waals surface area (Å²) in [5.74, 6) is -0.738. The number of rotatable bonds is 0. The quantitative estimate of drug-likeness (QED) is 0.313. The average molecular weight is 264 g/mol. The van der Waals surface area contributed by atoms with Crippen LogP contribution in [0.15, 0.2) is 23.8 Å². The molecule has 0 saturated carbocycles. The number of allylic oxidation sites excluding steroid dienone is 1. The molecule has 4 nitrogen and oxygen atoms in total. The summed E-state index contributed by atoms with van der Waals surface area (Å²) in [5.41, 5.74) is 1.29. The van der Waals surface area contributed by atoms with Crippen molar-refractivity contribution in [3.63, 3.8) is 0 Å². The van der Waals surface area contributed by atoms with E-state index < -0.39 is 12.1 Å². The molecule has 0 aromatic heterocycles. The van der Waals surface area contributed by atoms with Crippen molar-refractivity contribution in [2.24, 2.45) is 5.92 Å². The number of hydrogen-bond acceptors (Lipinski definition) is 4. The fourth-order valence-corrected chi connectivity index (χ4v) is 3.30. The summed E-state index contributed by atoms with van der Waals surface area (Å²) in [4.78, 5) is 11.7. The Morgan fingerprint density at radius 1 is 1.53 bits per heavy atom. The van der Waals surface area contributed by atoms with E-state index >= 15 is 0 Å². The third-order valence-electron chi connectivity index (χ3n) is 4.58. The zero-order valence-corrected chi connectivity index (χ0v) is 11.4. The summed E-state index contributed by atoms with van der Waals surface area (Å²) in [5, 5.41) is 10.4. The molecule has 4 heteroatoms. The third kappa shape index (κ3) is 2.13. The van der Waals surface area contributed by atoms with E-state index in [1.54, 1.807) is 0 Å². The number of ether oxygens (including phenoxy) is 2. The average Bonchev–Trinajstić information content (AvgIpc) is 2.86. The van der Waals surface area contributed by atoms with Crippen molar-refractivity contribution < 1.29 is 19.4 Å². The maximum atomic E-state index is 11.7. The normalized spacial score (nSPS) is 45.9. The van der Waals surface area contributed by atoms with Crippen molar-refractivity contribution in [2.45, 2.75) is 57.0 Å². The number of fused-ring (bicyclic) bond motifs is 2. The predicted molar refractivity (Wildman–Crippen MR) is 69.4 cm³/mol. The minimum atomic E-state index is -0.652. The molecule has 104 valence electrons. The molecular formula is C15H20O4. The lowest BCUT2D eigenvalue weighted by Crippen LogP contribution is -2.33. The first-order valence-electron chi connectivity index (χ1n) is 6.84. The van der Waals surface area contributed by atoms with Crippen LogP contribution in [0.2, 0.25) is 0 Å². The molecule has 2 fully saturated rings. The van der Waals surface area contributed by atoms with Crippen molar-refractivity contribution in [1.29, 1.82) is 0 Å². The van der Waals surface area contributed by atoms with E-state index in [-0.39, 0.29) is 23.7 Å². The second-order valence-electron chi connectivity index (χ2n) is 6.16. The highest BCUT2D eigenvalue weighted by Crippen LogP contribution is 2.46. The Morgan fingerprint density at radius 2 is 2.26 bits per heavy atom. The molecule has 0 amide bonds. The van der Waals surface area contributed by atoms with Crippen LogP contribution in [0.25, 0.3) is 0 Å². The number of aliphatic hydroxyl groups excluding tert-OH is 1. The van der Waals surface area contributed by atoms with E-state index in [9.17, 15) is 9.90 Å². The number of aliphatic hydroxyl groups is 1. The summed E-state index contributed by atoms with van der Waals surface area (Å²) in [6, 6.07) is 0. The Labute approximate surface area is 113 Å². The Morgan fingerprint density at radius 3 is 3.00 bits per heavy atom. The highest BCUT2D eigenvalue weighted by molar-refractivity contribution is 5.91. The van der Waals surface area contributed by atoms with Gasteiger partial charge in [0.1, 0.15) is 6.10 Å². The monoisotopic (exact) mass is 264 g/mol. The fraction of sp³-hybridized carbons (Fsp3) is 0.667. The molecule has 3 aliphatic rings. The van der Waals surface area contributed by atoms with Crippen molar-refractivity contribution in [3.8, 4) is 0 Å². The van der Waals surface area contributed by atoms with Gasteiger partial charge in [-0.05, 0) is 32.8 Å². The fourth-order valence-electron chi connectivity index (χ4n) is 3.30. The molecule has 2 heterocycles. The lowest BCUT2D eigenvalue weighted by atomic mass is 9.83. The number of esters is 1. The molecule has 5 atom stereocenters. The van der Waals surface area contributed by atoms with Gasteiger partial charge in [0.05, 0.1) is 23.7 Å². The van der Waals surface area contributed by atoms with Crippen molar-refractivity contribution >= 4 is 5.97 Å². The Bertz CT molecular complexity index is 467. The van der Waals surface area contributed by atoms with Crippen molar-refractivity contribution in [2.75, 3.05) is 0 Å². The first-order valence-corrected chi connectivity index (χ1v) is 6.84. The maximum Gasteiger partial charge on any atom is 0.334 e. The third-order valence-corrected chi connectivity index (χ3v) is 4.58. The molecule has 0 aromatic carbocycles. The van der Waals surface area contributed by atoms with E-state index in [0.29, 0.717) is 12.0 Å². The molecule has 0 aromatic rings. The van der Waals surface area contributed by atoms with E-state index in [1.807, 2.05) is 19.9 Å². The molecule has 0 radical (unpaired) electrons. The first-order chi connectivity index (χ1) is 8.90. The number of hydrogen-bond donors (Lipinski definition) is 1. The van der Waals surface area contributed by atoms with Gasteiger partial charge in [-0.3, -0.25) is 0 Å². The van der Waals surface area contributed by atoms with Crippen molar-refractivity contribution in [1.82, 2.24) is 0 Å². The van der Waals surface area contributed by atoms with Crippen LogP contribution >= 0.6 is 0 Å². The number of carbonyl (C=O) groups is 1. The summed E-state index contributed by atoms with van der Waals surface area (Å²) in [6.07, 6.45) is 3.56. The van der Waals surface area contributed by atoms with Gasteiger partial charge in [-0.15, -0.1) is 0 Å². The standard InChI is InChI=1S/C15H20O4/c1-8-4-5-12-15(3,19-12)7-10(16)13-9(2)14(17)18-11(13)6-8/h6,10-13,16H,2,4-5,7H2,1,3H3. The van der Waals surface area contributed by atoms with Gasteiger partial charge in [0.25, 0.3) is 0 Å². The minimum absolute atomic E-state index is 0.216. The second kappa shape index (κ2) is 4.18. The van der Waals surface area contributed by atoms with Gasteiger partial charge < -0.3 is 14.6 Å². The Balaban J connectivity index is 1.92. The van der Waals surface area contributed by atoms with Crippen LogP contribution in [-0.2, 0) is 14.3 Å². The smallest absolute Gasteiger partial charge is 0.334 e. The van der Waals surface area contributed by atoms with Crippen LogP contribution in [0, 0.1) is 5.92 Å². The Kier molecular flexibility index (Phi) is 2.84. The van der Waals surface area contributed by atoms with E-state index in [4.69, 9.17) is 9.47 Å². The summed E-state index contributed by atoms with van der Waals surface area (Å²) >= 11 is 0. The van der Waals surface area contributed by atoms with Crippen LogP contribution in [0.4, 0.5) is 0 Å². The molecule has 0 spiro atoms. The Hall–Kier alpha value is -1.13. The first kappa shape index (κ1) is 12.9. The van der Waals surface area contributed by atoms with Crippen LogP contribution in [0.3, 0.4) is 0 Å². The van der Waals surface area contributed by atoms with Gasteiger partial charge in [-0.2, -0.15) is 0 Å². The molecule has 2 aliphatic heterocycles. The topological polar surface area (TPSA) is 59.1 Å². The largest absolute Gasteiger partial charge is 0.454 e. The highest BCUT2D eigenvalue weighted by atomic mass is 16.6. The second-order valence-corrected chi connectivity index (χ2v) is 6.16. The summed E-state index contributed by atoms with van der Waals surface area (Å²) < 4.78 is 11.0. The molecule has 1 N–H and O–H groups in total. The number of carbonyl (C=O) groups excluding carboxylic acids is 1. The van der Waals surface area contributed by atoms with Gasteiger partial charge in [0.15, 0.2) is 0 Å². The predicted octanol–water partition coefficient (Wildman–Crippen LogP) is 1.73. The minimum Gasteiger partial charge on any atom is -0.454 e. The zero-order valence-electron chi connectivity index (χ0n) is 11.4. The highest BCUT2D eigenvalue weighted by Gasteiger charge is 2.55. The maximum absolute atomic E-state index is 11.7. The molecule has 2 saturated heterocycles. The van der Waals surface area contributed by atoms with Crippen LogP contribution in [0.1, 0.15) is 33.1 Å². The summed E-state index contributed by atoms with van der Waals surface area (Å²) in [7, 11) is 0. The number of epoxide rings is 1. The van der Waals surface area contributed by atoms with Crippen LogP contribution in [0.5, 0.6) is 0 Å². The SMILES string of the molecule is C=C1C(=O)OC2C=C(C)CCC3OC3(C)CC(O)C12.